The average Bonchev–Trinajstić information content (AvgIpc) is 2.37. The topological polar surface area (TPSA) is 30.0 Å². The average molecular weight is 239 g/mol. The number of aryl methyl sites for hydroxylation is 2. The molecule has 1 aromatic heterocycles. The molecule has 18 heavy (non-hydrogen) atoms. The Morgan fingerprint density at radius 3 is 2.72 bits per heavy atom. The van der Waals surface area contributed by atoms with E-state index in [-0.39, 0.29) is 5.78 Å². The van der Waals surface area contributed by atoms with E-state index in [1.165, 1.54) is 11.1 Å². The van der Waals surface area contributed by atoms with Crippen molar-refractivity contribution in [1.29, 1.82) is 0 Å². The van der Waals surface area contributed by atoms with E-state index >= 15 is 0 Å². The Balaban J connectivity index is 2.37. The van der Waals surface area contributed by atoms with Crippen molar-refractivity contribution < 1.29 is 4.79 Å². The van der Waals surface area contributed by atoms with E-state index in [9.17, 15) is 4.79 Å². The van der Waals surface area contributed by atoms with Crippen LogP contribution in [0.15, 0.2) is 42.6 Å². The molecule has 0 spiro atoms. The van der Waals surface area contributed by atoms with Crippen LogP contribution in [0.25, 0.3) is 11.3 Å². The van der Waals surface area contributed by atoms with Crippen LogP contribution in [0.4, 0.5) is 0 Å². The van der Waals surface area contributed by atoms with Crippen LogP contribution in [0.1, 0.15) is 24.5 Å². The summed E-state index contributed by atoms with van der Waals surface area (Å²) < 4.78 is 0. The van der Waals surface area contributed by atoms with Crippen molar-refractivity contribution in [1.82, 2.24) is 4.98 Å². The maximum Gasteiger partial charge on any atom is 0.130 e. The summed E-state index contributed by atoms with van der Waals surface area (Å²) in [5.41, 5.74) is 4.51. The molecule has 2 nitrogen and oxygen atoms in total. The molecule has 0 bridgehead atoms. The van der Waals surface area contributed by atoms with Gasteiger partial charge in [-0.15, -0.1) is 0 Å². The highest BCUT2D eigenvalue weighted by molar-refractivity contribution is 5.76. The zero-order valence-corrected chi connectivity index (χ0v) is 10.8. The number of ketones is 1. The summed E-state index contributed by atoms with van der Waals surface area (Å²) in [7, 11) is 0. The Labute approximate surface area is 108 Å². The van der Waals surface area contributed by atoms with Crippen molar-refractivity contribution in [2.75, 3.05) is 0 Å². The van der Waals surface area contributed by atoms with Gasteiger partial charge in [-0.05, 0) is 38.0 Å². The van der Waals surface area contributed by atoms with E-state index in [4.69, 9.17) is 0 Å². The number of hydrogen-bond donors (Lipinski definition) is 0. The van der Waals surface area contributed by atoms with E-state index < -0.39 is 0 Å². The van der Waals surface area contributed by atoms with Crippen LogP contribution in [0.5, 0.6) is 0 Å². The Kier molecular flexibility index (Phi) is 3.88. The highest BCUT2D eigenvalue weighted by Gasteiger charge is 2.07. The number of nitrogens with zero attached hydrogens (tertiary/aromatic N) is 1. The number of carbonyl (C=O) groups is 1. The molecule has 0 N–H and O–H groups in total. The highest BCUT2D eigenvalue weighted by Crippen LogP contribution is 2.24. The molecular weight excluding hydrogens is 222 g/mol. The van der Waals surface area contributed by atoms with Gasteiger partial charge in [-0.2, -0.15) is 0 Å². The molecule has 0 unspecified atom stereocenters. The molecule has 1 heterocycles. The van der Waals surface area contributed by atoms with Gasteiger partial charge in [-0.3, -0.25) is 4.98 Å². The molecule has 0 radical (unpaired) electrons. The van der Waals surface area contributed by atoms with Crippen LogP contribution < -0.4 is 0 Å². The molecule has 0 saturated carbocycles. The van der Waals surface area contributed by atoms with Gasteiger partial charge >= 0.3 is 0 Å². The third kappa shape index (κ3) is 3.04. The number of aromatic nitrogens is 1. The van der Waals surface area contributed by atoms with E-state index in [1.807, 2.05) is 18.2 Å². The molecule has 2 heteroatoms. The molecule has 0 aliphatic heterocycles. The first-order chi connectivity index (χ1) is 8.66. The van der Waals surface area contributed by atoms with E-state index in [2.05, 4.69) is 30.1 Å². The third-order valence-corrected chi connectivity index (χ3v) is 2.95. The quantitative estimate of drug-likeness (QED) is 0.816. The van der Waals surface area contributed by atoms with Crippen LogP contribution in [-0.2, 0) is 11.2 Å². The van der Waals surface area contributed by atoms with Gasteiger partial charge in [0.1, 0.15) is 5.78 Å². The zero-order valence-electron chi connectivity index (χ0n) is 10.8. The predicted octanol–water partition coefficient (Wildman–Crippen LogP) is 3.58. The van der Waals surface area contributed by atoms with Gasteiger partial charge in [-0.1, -0.05) is 29.8 Å². The lowest BCUT2D eigenvalue weighted by Gasteiger charge is -2.09. The molecule has 92 valence electrons. The number of rotatable bonds is 4. The number of benzene rings is 1. The second kappa shape index (κ2) is 5.58. The monoisotopic (exact) mass is 239 g/mol. The van der Waals surface area contributed by atoms with Crippen molar-refractivity contribution in [3.05, 3.63) is 53.7 Å². The second-order valence-corrected chi connectivity index (χ2v) is 4.58. The summed E-state index contributed by atoms with van der Waals surface area (Å²) in [5.74, 6) is 0.225. The van der Waals surface area contributed by atoms with Crippen molar-refractivity contribution >= 4 is 5.78 Å². The maximum atomic E-state index is 11.1. The van der Waals surface area contributed by atoms with Gasteiger partial charge in [0, 0.05) is 18.2 Å². The highest BCUT2D eigenvalue weighted by atomic mass is 16.1. The van der Waals surface area contributed by atoms with Crippen molar-refractivity contribution in [2.24, 2.45) is 0 Å². The van der Waals surface area contributed by atoms with Gasteiger partial charge in [0.15, 0.2) is 0 Å². The molecule has 0 aliphatic carbocycles. The largest absolute Gasteiger partial charge is 0.300 e. The lowest BCUT2D eigenvalue weighted by atomic mass is 9.97. The Hall–Kier alpha value is -1.96. The summed E-state index contributed by atoms with van der Waals surface area (Å²) in [6.45, 7) is 3.70. The molecule has 2 rings (SSSR count). The van der Waals surface area contributed by atoms with Crippen LogP contribution in [0.2, 0.25) is 0 Å². The van der Waals surface area contributed by atoms with E-state index in [0.29, 0.717) is 6.42 Å². The van der Waals surface area contributed by atoms with Gasteiger partial charge in [0.05, 0.1) is 5.69 Å². The van der Waals surface area contributed by atoms with Gasteiger partial charge in [0.2, 0.25) is 0 Å². The molecule has 0 aliphatic rings. The Morgan fingerprint density at radius 1 is 1.22 bits per heavy atom. The van der Waals surface area contributed by atoms with Crippen LogP contribution >= 0.6 is 0 Å². The Bertz CT molecular complexity index is 546. The van der Waals surface area contributed by atoms with E-state index in [1.54, 1.807) is 13.1 Å². The number of hydrogen-bond acceptors (Lipinski definition) is 2. The molecule has 1 aromatic carbocycles. The predicted molar refractivity (Wildman–Crippen MR) is 73.4 cm³/mol. The minimum absolute atomic E-state index is 0.225. The van der Waals surface area contributed by atoms with Gasteiger partial charge in [0.25, 0.3) is 0 Å². The summed E-state index contributed by atoms with van der Waals surface area (Å²) in [6.07, 6.45) is 3.16. The second-order valence-electron chi connectivity index (χ2n) is 4.58. The van der Waals surface area contributed by atoms with Crippen LogP contribution in [0.3, 0.4) is 0 Å². The lowest BCUT2D eigenvalue weighted by molar-refractivity contribution is -0.116. The summed E-state index contributed by atoms with van der Waals surface area (Å²) in [4.78, 5) is 15.5. The fraction of sp³-hybridized carbons (Fsp3) is 0.250. The first-order valence-electron chi connectivity index (χ1n) is 6.17. The summed E-state index contributed by atoms with van der Waals surface area (Å²) >= 11 is 0. The first-order valence-corrected chi connectivity index (χ1v) is 6.17. The molecule has 0 fully saturated rings. The molecule has 0 amide bonds. The van der Waals surface area contributed by atoms with Crippen LogP contribution in [-0.4, -0.2) is 10.8 Å². The molecule has 0 atom stereocenters. The minimum Gasteiger partial charge on any atom is -0.300 e. The lowest BCUT2D eigenvalue weighted by Crippen LogP contribution is -1.97. The van der Waals surface area contributed by atoms with Gasteiger partial charge in [-0.25, -0.2) is 0 Å². The third-order valence-electron chi connectivity index (χ3n) is 2.95. The number of pyridine rings is 1. The zero-order chi connectivity index (χ0) is 13.0. The summed E-state index contributed by atoms with van der Waals surface area (Å²) in [5, 5.41) is 0. The molecule has 0 saturated heterocycles. The fourth-order valence-electron chi connectivity index (χ4n) is 2.01. The van der Waals surface area contributed by atoms with Crippen molar-refractivity contribution in [3.8, 4) is 11.3 Å². The van der Waals surface area contributed by atoms with Crippen LogP contribution in [0, 0.1) is 6.92 Å². The Morgan fingerprint density at radius 2 is 2.06 bits per heavy atom. The van der Waals surface area contributed by atoms with Crippen molar-refractivity contribution in [2.45, 2.75) is 26.7 Å². The normalized spacial score (nSPS) is 10.3. The van der Waals surface area contributed by atoms with E-state index in [0.717, 1.165) is 17.7 Å². The SMILES string of the molecule is CC(=O)CCc1cc(C)ccc1-c1ccccn1. The van der Waals surface area contributed by atoms with Crippen molar-refractivity contribution in [3.63, 3.8) is 0 Å². The standard InChI is InChI=1S/C16H17NO/c1-12-6-9-15(16-5-3-4-10-17-16)14(11-12)8-7-13(2)18/h3-6,9-11H,7-8H2,1-2H3. The maximum absolute atomic E-state index is 11.1. The number of carbonyl (C=O) groups excluding carboxylic acids is 1. The summed E-state index contributed by atoms with van der Waals surface area (Å²) in [6, 6.07) is 12.2. The first kappa shape index (κ1) is 12.5. The number of Topliss-reactive ketones (excluding diaryl/α,β-unsaturated/α-hetero) is 1. The molecule has 2 aromatic rings. The van der Waals surface area contributed by atoms with Gasteiger partial charge < -0.3 is 4.79 Å². The smallest absolute Gasteiger partial charge is 0.130 e. The fourth-order valence-corrected chi connectivity index (χ4v) is 2.01. The minimum atomic E-state index is 0.225. The molecular formula is C16H17NO.